The molecule has 1 aliphatic heterocycles. The number of methoxy groups -OCH3 is 1. The minimum Gasteiger partial charge on any atom is -0.497 e. The molecule has 2 aromatic carbocycles. The topological polar surface area (TPSA) is 58.6 Å². The molecule has 2 aromatic rings. The van der Waals surface area contributed by atoms with Crippen LogP contribution in [-0.4, -0.2) is 42.2 Å². The zero-order chi connectivity index (χ0) is 19.2. The first-order chi connectivity index (χ1) is 13.1. The van der Waals surface area contributed by atoms with Crippen LogP contribution in [0.1, 0.15) is 30.1 Å². The van der Waals surface area contributed by atoms with Crippen molar-refractivity contribution in [2.75, 3.05) is 25.5 Å². The normalized spacial score (nSPS) is 14.7. The van der Waals surface area contributed by atoms with Crippen LogP contribution >= 0.6 is 11.8 Å². The third-order valence-corrected chi connectivity index (χ3v) is 5.66. The van der Waals surface area contributed by atoms with Crippen molar-refractivity contribution in [1.29, 1.82) is 0 Å². The van der Waals surface area contributed by atoms with Crippen LogP contribution in [-0.2, 0) is 4.79 Å². The molecule has 1 atom stereocenters. The summed E-state index contributed by atoms with van der Waals surface area (Å²) in [5, 5.41) is 2.63. The number of benzene rings is 2. The van der Waals surface area contributed by atoms with Gasteiger partial charge in [0.15, 0.2) is 0 Å². The molecule has 1 fully saturated rings. The maximum atomic E-state index is 12.7. The van der Waals surface area contributed by atoms with E-state index in [0.717, 1.165) is 36.6 Å². The first-order valence-corrected chi connectivity index (χ1v) is 9.96. The first kappa shape index (κ1) is 19.3. The Bertz CT molecular complexity index is 801. The number of hydrogen-bond acceptors (Lipinski definition) is 4. The number of nitrogens with one attached hydrogen (secondary N) is 1. The van der Waals surface area contributed by atoms with Gasteiger partial charge < -0.3 is 15.0 Å². The molecule has 1 N–H and O–H groups in total. The van der Waals surface area contributed by atoms with Crippen LogP contribution in [0.25, 0.3) is 0 Å². The number of para-hydroxylation sites is 1. The fourth-order valence-electron chi connectivity index (χ4n) is 3.02. The van der Waals surface area contributed by atoms with Gasteiger partial charge in [0.25, 0.3) is 5.91 Å². The molecule has 2 amide bonds. The van der Waals surface area contributed by atoms with E-state index in [9.17, 15) is 9.59 Å². The quantitative estimate of drug-likeness (QED) is 0.764. The number of likely N-dealkylation sites (tertiary alicyclic amines) is 1. The third-order valence-electron chi connectivity index (χ3n) is 4.55. The van der Waals surface area contributed by atoms with Crippen LogP contribution in [0, 0.1) is 0 Å². The second kappa shape index (κ2) is 8.95. The van der Waals surface area contributed by atoms with Gasteiger partial charge in [0, 0.05) is 18.0 Å². The Morgan fingerprint density at radius 2 is 1.74 bits per heavy atom. The van der Waals surface area contributed by atoms with Gasteiger partial charge in [-0.3, -0.25) is 9.59 Å². The van der Waals surface area contributed by atoms with Crippen molar-refractivity contribution in [2.24, 2.45) is 0 Å². The van der Waals surface area contributed by atoms with Crippen molar-refractivity contribution in [3.05, 3.63) is 54.1 Å². The van der Waals surface area contributed by atoms with Crippen LogP contribution in [0.4, 0.5) is 5.69 Å². The van der Waals surface area contributed by atoms with Crippen molar-refractivity contribution in [1.82, 2.24) is 4.90 Å². The van der Waals surface area contributed by atoms with Crippen LogP contribution in [0.15, 0.2) is 53.4 Å². The van der Waals surface area contributed by atoms with Crippen molar-refractivity contribution in [3.63, 3.8) is 0 Å². The molecule has 27 heavy (non-hydrogen) atoms. The molecule has 0 unspecified atom stereocenters. The van der Waals surface area contributed by atoms with E-state index in [1.54, 1.807) is 19.2 Å². The second-order valence-electron chi connectivity index (χ2n) is 6.47. The van der Waals surface area contributed by atoms with Crippen LogP contribution < -0.4 is 10.1 Å². The predicted octanol–water partition coefficient (Wildman–Crippen LogP) is 4.05. The Labute approximate surface area is 164 Å². The van der Waals surface area contributed by atoms with Gasteiger partial charge in [-0.1, -0.05) is 12.1 Å². The average Bonchev–Trinajstić information content (AvgIpc) is 3.23. The van der Waals surface area contributed by atoms with E-state index in [0.29, 0.717) is 11.3 Å². The molecule has 0 aromatic heterocycles. The highest BCUT2D eigenvalue weighted by Gasteiger charge is 2.23. The highest BCUT2D eigenvalue weighted by atomic mass is 32.2. The third kappa shape index (κ3) is 4.83. The molecular weight excluding hydrogens is 360 g/mol. The summed E-state index contributed by atoms with van der Waals surface area (Å²) in [4.78, 5) is 28.2. The number of rotatable bonds is 6. The maximum Gasteiger partial charge on any atom is 0.255 e. The monoisotopic (exact) mass is 384 g/mol. The SMILES string of the molecule is COc1ccc(S[C@H](C)C(=O)Nc2ccccc2C(=O)N2CCCC2)cc1. The molecule has 0 radical (unpaired) electrons. The van der Waals surface area contributed by atoms with E-state index in [1.807, 2.05) is 48.2 Å². The lowest BCUT2D eigenvalue weighted by molar-refractivity contribution is -0.115. The average molecular weight is 385 g/mol. The number of hydrogen-bond donors (Lipinski definition) is 1. The van der Waals surface area contributed by atoms with Crippen LogP contribution in [0.5, 0.6) is 5.75 Å². The fraction of sp³-hybridized carbons (Fsp3) is 0.333. The van der Waals surface area contributed by atoms with E-state index in [1.165, 1.54) is 11.8 Å². The molecule has 6 heteroatoms. The number of anilines is 1. The second-order valence-corrected chi connectivity index (χ2v) is 7.88. The number of thioether (sulfide) groups is 1. The van der Waals surface area contributed by atoms with Gasteiger partial charge in [0.2, 0.25) is 5.91 Å². The highest BCUT2D eigenvalue weighted by molar-refractivity contribution is 8.00. The van der Waals surface area contributed by atoms with Gasteiger partial charge in [-0.05, 0) is 56.2 Å². The molecule has 142 valence electrons. The van der Waals surface area contributed by atoms with Crippen molar-refractivity contribution >= 4 is 29.3 Å². The number of carbonyl (C=O) groups is 2. The summed E-state index contributed by atoms with van der Waals surface area (Å²) < 4.78 is 5.15. The highest BCUT2D eigenvalue weighted by Crippen LogP contribution is 2.27. The fourth-order valence-corrected chi connectivity index (χ4v) is 3.88. The number of amides is 2. The van der Waals surface area contributed by atoms with Crippen molar-refractivity contribution < 1.29 is 14.3 Å². The number of carbonyl (C=O) groups excluding carboxylic acids is 2. The Balaban J connectivity index is 1.67. The summed E-state index contributed by atoms with van der Waals surface area (Å²) in [5.74, 6) is 0.641. The smallest absolute Gasteiger partial charge is 0.255 e. The van der Waals surface area contributed by atoms with Gasteiger partial charge in [0.05, 0.1) is 23.6 Å². The molecule has 5 nitrogen and oxygen atoms in total. The van der Waals surface area contributed by atoms with Crippen LogP contribution in [0.3, 0.4) is 0 Å². The molecule has 0 spiro atoms. The van der Waals surface area contributed by atoms with E-state index >= 15 is 0 Å². The largest absolute Gasteiger partial charge is 0.497 e. The summed E-state index contributed by atoms with van der Waals surface area (Å²) >= 11 is 1.47. The lowest BCUT2D eigenvalue weighted by Crippen LogP contribution is -2.29. The minimum atomic E-state index is -0.298. The molecule has 1 aliphatic rings. The Kier molecular flexibility index (Phi) is 6.40. The molecule has 0 saturated carbocycles. The van der Waals surface area contributed by atoms with Crippen LogP contribution in [0.2, 0.25) is 0 Å². The van der Waals surface area contributed by atoms with E-state index < -0.39 is 0 Å². The van der Waals surface area contributed by atoms with E-state index in [2.05, 4.69) is 5.32 Å². The Hall–Kier alpha value is -2.47. The molecule has 3 rings (SSSR count). The predicted molar refractivity (Wildman–Crippen MR) is 109 cm³/mol. The van der Waals surface area contributed by atoms with Gasteiger partial charge in [-0.2, -0.15) is 0 Å². The molecule has 1 heterocycles. The van der Waals surface area contributed by atoms with Crippen molar-refractivity contribution in [2.45, 2.75) is 29.9 Å². The summed E-state index contributed by atoms with van der Waals surface area (Å²) in [6, 6.07) is 14.8. The summed E-state index contributed by atoms with van der Waals surface area (Å²) in [6.07, 6.45) is 2.08. The lowest BCUT2D eigenvalue weighted by Gasteiger charge is -2.19. The molecule has 0 bridgehead atoms. The Morgan fingerprint density at radius 1 is 1.07 bits per heavy atom. The maximum absolute atomic E-state index is 12.7. The molecular formula is C21H24N2O3S. The first-order valence-electron chi connectivity index (χ1n) is 9.08. The minimum absolute atomic E-state index is 0.0149. The van der Waals surface area contributed by atoms with Crippen molar-refractivity contribution in [3.8, 4) is 5.75 Å². The summed E-state index contributed by atoms with van der Waals surface area (Å²) in [5.41, 5.74) is 1.12. The molecule has 0 aliphatic carbocycles. The molecule has 1 saturated heterocycles. The Morgan fingerprint density at radius 3 is 2.41 bits per heavy atom. The number of nitrogens with zero attached hydrogens (tertiary/aromatic N) is 1. The van der Waals surface area contributed by atoms with E-state index in [-0.39, 0.29) is 17.1 Å². The zero-order valence-electron chi connectivity index (χ0n) is 15.6. The standard InChI is InChI=1S/C21H24N2O3S/c1-15(27-17-11-9-16(26-2)10-12-17)20(24)22-19-8-4-3-7-18(19)21(25)23-13-5-6-14-23/h3-4,7-12,15H,5-6,13-14H2,1-2H3,(H,22,24)/t15-/m1/s1. The van der Waals surface area contributed by atoms with Gasteiger partial charge in [-0.15, -0.1) is 11.8 Å². The van der Waals surface area contributed by atoms with Gasteiger partial charge >= 0.3 is 0 Å². The summed E-state index contributed by atoms with van der Waals surface area (Å²) in [7, 11) is 1.62. The lowest BCUT2D eigenvalue weighted by atomic mass is 10.1. The number of ether oxygens (including phenoxy) is 1. The summed E-state index contributed by atoms with van der Waals surface area (Å²) in [6.45, 7) is 3.42. The van der Waals surface area contributed by atoms with Gasteiger partial charge in [0.1, 0.15) is 5.75 Å². The van der Waals surface area contributed by atoms with E-state index in [4.69, 9.17) is 4.74 Å². The zero-order valence-corrected chi connectivity index (χ0v) is 16.4. The van der Waals surface area contributed by atoms with Gasteiger partial charge in [-0.25, -0.2) is 0 Å².